The molecule has 0 bridgehead atoms. The van der Waals surface area contributed by atoms with Crippen molar-refractivity contribution in [3.05, 3.63) is 42.1 Å². The molecule has 168 valence electrons. The highest BCUT2D eigenvalue weighted by Crippen LogP contribution is 2.40. The summed E-state index contributed by atoms with van der Waals surface area (Å²) >= 11 is 0. The van der Waals surface area contributed by atoms with Crippen LogP contribution in [0.5, 0.6) is 17.2 Å². The van der Waals surface area contributed by atoms with Gasteiger partial charge in [-0.05, 0) is 25.0 Å². The predicted molar refractivity (Wildman–Crippen MR) is 118 cm³/mol. The summed E-state index contributed by atoms with van der Waals surface area (Å²) in [5, 5.41) is 3.15. The van der Waals surface area contributed by atoms with Gasteiger partial charge in [0, 0.05) is 24.4 Å². The Labute approximate surface area is 185 Å². The van der Waals surface area contributed by atoms with Crippen molar-refractivity contribution >= 4 is 28.5 Å². The van der Waals surface area contributed by atoms with E-state index in [0.717, 1.165) is 12.8 Å². The van der Waals surface area contributed by atoms with E-state index in [9.17, 15) is 4.79 Å². The van der Waals surface area contributed by atoms with Gasteiger partial charge in [-0.25, -0.2) is 14.8 Å². The lowest BCUT2D eigenvalue weighted by atomic mass is 10.2. The van der Waals surface area contributed by atoms with E-state index in [1.54, 1.807) is 18.2 Å². The number of esters is 1. The zero-order valence-corrected chi connectivity index (χ0v) is 18.2. The molecule has 3 aromatic rings. The highest BCUT2D eigenvalue weighted by molar-refractivity contribution is 5.96. The van der Waals surface area contributed by atoms with E-state index in [1.807, 2.05) is 18.2 Å². The molecule has 0 saturated carbocycles. The van der Waals surface area contributed by atoms with Crippen LogP contribution in [-0.2, 0) is 9.47 Å². The minimum Gasteiger partial charge on any atom is -0.493 e. The Morgan fingerprint density at radius 3 is 2.34 bits per heavy atom. The number of fused-ring (bicyclic) bond motifs is 1. The molecule has 1 aliphatic rings. The first-order valence-electron chi connectivity index (χ1n) is 10.3. The maximum atomic E-state index is 12.9. The fourth-order valence-electron chi connectivity index (χ4n) is 3.53. The van der Waals surface area contributed by atoms with Gasteiger partial charge in [-0.2, -0.15) is 0 Å². The number of carbonyl (C=O) groups excluding carboxylic acids is 1. The van der Waals surface area contributed by atoms with Gasteiger partial charge in [0.2, 0.25) is 5.75 Å². The van der Waals surface area contributed by atoms with Gasteiger partial charge in [-0.15, -0.1) is 0 Å². The van der Waals surface area contributed by atoms with Gasteiger partial charge in [0.15, 0.2) is 23.0 Å². The van der Waals surface area contributed by atoms with Crippen molar-refractivity contribution < 1.29 is 28.5 Å². The van der Waals surface area contributed by atoms with Crippen molar-refractivity contribution in [3.8, 4) is 17.2 Å². The Bertz CT molecular complexity index is 1090. The van der Waals surface area contributed by atoms with E-state index in [1.165, 1.54) is 21.3 Å². The number of anilines is 2. The molecule has 2 heterocycles. The molecular weight excluding hydrogens is 414 g/mol. The average molecular weight is 439 g/mol. The first-order valence-corrected chi connectivity index (χ1v) is 10.3. The molecule has 0 radical (unpaired) electrons. The number of nitrogens with one attached hydrogen (secondary N) is 1. The fourth-order valence-corrected chi connectivity index (χ4v) is 3.53. The highest BCUT2D eigenvalue weighted by atomic mass is 16.6. The molecule has 1 fully saturated rings. The van der Waals surface area contributed by atoms with Crippen molar-refractivity contribution in [1.29, 1.82) is 0 Å². The summed E-state index contributed by atoms with van der Waals surface area (Å²) in [7, 11) is 4.60. The van der Waals surface area contributed by atoms with Crippen LogP contribution in [0.4, 0.5) is 11.5 Å². The summed E-state index contributed by atoms with van der Waals surface area (Å²) in [6, 6.07) is 10.8. The van der Waals surface area contributed by atoms with Crippen LogP contribution in [0.25, 0.3) is 11.0 Å². The smallest absolute Gasteiger partial charge is 0.360 e. The third kappa shape index (κ3) is 4.52. The maximum Gasteiger partial charge on any atom is 0.360 e. The predicted octanol–water partition coefficient (Wildman–Crippen LogP) is 3.74. The summed E-state index contributed by atoms with van der Waals surface area (Å²) in [5.41, 5.74) is 1.89. The largest absolute Gasteiger partial charge is 0.493 e. The topological polar surface area (TPSA) is 101 Å². The lowest BCUT2D eigenvalue weighted by Crippen LogP contribution is -2.19. The number of benzene rings is 2. The van der Waals surface area contributed by atoms with Crippen LogP contribution in [0, 0.1) is 0 Å². The number of rotatable bonds is 8. The molecule has 1 saturated heterocycles. The maximum absolute atomic E-state index is 12.9. The molecule has 1 N–H and O–H groups in total. The van der Waals surface area contributed by atoms with E-state index >= 15 is 0 Å². The van der Waals surface area contributed by atoms with Gasteiger partial charge in [0.05, 0.1) is 38.5 Å². The summed E-state index contributed by atoms with van der Waals surface area (Å²) in [6.45, 7) is 0.864. The van der Waals surface area contributed by atoms with Crippen LogP contribution in [-0.4, -0.2) is 56.6 Å². The molecule has 1 aliphatic heterocycles. The van der Waals surface area contributed by atoms with Crippen LogP contribution in [0.2, 0.25) is 0 Å². The van der Waals surface area contributed by atoms with E-state index in [0.29, 0.717) is 40.6 Å². The Balaban J connectivity index is 1.69. The minimum atomic E-state index is -0.575. The second kappa shape index (κ2) is 9.69. The zero-order valence-electron chi connectivity index (χ0n) is 18.2. The summed E-state index contributed by atoms with van der Waals surface area (Å²) in [5.74, 6) is 1.07. The van der Waals surface area contributed by atoms with Gasteiger partial charge < -0.3 is 29.0 Å². The Morgan fingerprint density at radius 1 is 1.06 bits per heavy atom. The van der Waals surface area contributed by atoms with Crippen molar-refractivity contribution in [2.45, 2.75) is 18.9 Å². The zero-order chi connectivity index (χ0) is 22.5. The van der Waals surface area contributed by atoms with E-state index < -0.39 is 5.97 Å². The first-order chi connectivity index (χ1) is 15.6. The van der Waals surface area contributed by atoms with Gasteiger partial charge in [-0.1, -0.05) is 12.1 Å². The Hall–Kier alpha value is -3.59. The fraction of sp³-hybridized carbons (Fsp3) is 0.348. The van der Waals surface area contributed by atoms with Crippen LogP contribution >= 0.6 is 0 Å². The molecule has 0 aliphatic carbocycles. The summed E-state index contributed by atoms with van der Waals surface area (Å²) in [4.78, 5) is 22.0. The Morgan fingerprint density at radius 2 is 1.75 bits per heavy atom. The third-order valence-corrected chi connectivity index (χ3v) is 5.12. The second-order valence-electron chi connectivity index (χ2n) is 7.18. The van der Waals surface area contributed by atoms with Crippen molar-refractivity contribution in [3.63, 3.8) is 0 Å². The Kier molecular flexibility index (Phi) is 6.55. The number of nitrogens with zero attached hydrogens (tertiary/aromatic N) is 2. The molecule has 32 heavy (non-hydrogen) atoms. The van der Waals surface area contributed by atoms with Crippen LogP contribution in [0.3, 0.4) is 0 Å². The SMILES string of the molecule is COc1cc(Nc2nc3ccccc3nc2C(=O)OC[C@H]2CCCO2)cc(OC)c1OC. The lowest BCUT2D eigenvalue weighted by molar-refractivity contribution is 0.0157. The number of aromatic nitrogens is 2. The number of hydrogen-bond donors (Lipinski definition) is 1. The van der Waals surface area contributed by atoms with Crippen LogP contribution in [0.15, 0.2) is 36.4 Å². The van der Waals surface area contributed by atoms with E-state index in [4.69, 9.17) is 23.7 Å². The number of carbonyl (C=O) groups is 1. The number of hydrogen-bond acceptors (Lipinski definition) is 9. The third-order valence-electron chi connectivity index (χ3n) is 5.12. The molecule has 9 heteroatoms. The lowest BCUT2D eigenvalue weighted by Gasteiger charge is -2.16. The molecule has 4 rings (SSSR count). The minimum absolute atomic E-state index is 0.0791. The number of methoxy groups -OCH3 is 3. The number of ether oxygens (including phenoxy) is 5. The first kappa shape index (κ1) is 21.6. The summed E-state index contributed by atoms with van der Waals surface area (Å²) < 4.78 is 27.2. The van der Waals surface area contributed by atoms with E-state index in [2.05, 4.69) is 15.3 Å². The van der Waals surface area contributed by atoms with Crippen molar-refractivity contribution in [2.75, 3.05) is 39.9 Å². The van der Waals surface area contributed by atoms with Gasteiger partial charge >= 0.3 is 5.97 Å². The van der Waals surface area contributed by atoms with Gasteiger partial charge in [-0.3, -0.25) is 0 Å². The molecule has 2 aromatic carbocycles. The van der Waals surface area contributed by atoms with E-state index in [-0.39, 0.29) is 24.2 Å². The quantitative estimate of drug-likeness (QED) is 0.526. The molecule has 1 aromatic heterocycles. The highest BCUT2D eigenvalue weighted by Gasteiger charge is 2.23. The van der Waals surface area contributed by atoms with Crippen LogP contribution in [0.1, 0.15) is 23.3 Å². The van der Waals surface area contributed by atoms with Gasteiger partial charge in [0.25, 0.3) is 0 Å². The molecule has 0 amide bonds. The standard InChI is InChI=1S/C23H25N3O6/c1-28-18-11-14(12-19(29-2)21(18)30-3)24-22-20(23(27)32-13-15-7-6-10-31-15)25-16-8-4-5-9-17(16)26-22/h4-5,8-9,11-12,15H,6-7,10,13H2,1-3H3,(H,24,26)/t15-/m1/s1. The molecular formula is C23H25N3O6. The summed E-state index contributed by atoms with van der Waals surface area (Å²) in [6.07, 6.45) is 1.75. The van der Waals surface area contributed by atoms with Gasteiger partial charge in [0.1, 0.15) is 6.61 Å². The second-order valence-corrected chi connectivity index (χ2v) is 7.18. The van der Waals surface area contributed by atoms with Crippen LogP contribution < -0.4 is 19.5 Å². The molecule has 9 nitrogen and oxygen atoms in total. The molecule has 0 spiro atoms. The number of para-hydroxylation sites is 2. The molecule has 0 unspecified atom stereocenters. The molecule has 1 atom stereocenters. The van der Waals surface area contributed by atoms with Crippen molar-refractivity contribution in [1.82, 2.24) is 9.97 Å². The average Bonchev–Trinajstić information content (AvgIpc) is 3.35. The van der Waals surface area contributed by atoms with Crippen molar-refractivity contribution in [2.24, 2.45) is 0 Å². The monoisotopic (exact) mass is 439 g/mol. The normalized spacial score (nSPS) is 15.4.